The number of aliphatic hydroxyl groups is 2. The standard InChI is InChI=1S/C19H29NO4/c21-18(19(22)10-11-23-14-19)12-20-16-8-4-5-9-17(16)24-13-15-6-2-1-3-7-15/h4-5,8-9,15,18,20-22H,1-3,6-7,10-14H2. The summed E-state index contributed by atoms with van der Waals surface area (Å²) in [7, 11) is 0. The van der Waals surface area contributed by atoms with Gasteiger partial charge < -0.3 is 25.0 Å². The molecule has 1 aromatic carbocycles. The van der Waals surface area contributed by atoms with Gasteiger partial charge in [0.05, 0.1) is 18.9 Å². The second kappa shape index (κ2) is 8.19. The molecule has 2 fully saturated rings. The summed E-state index contributed by atoms with van der Waals surface area (Å²) in [6, 6.07) is 7.79. The maximum Gasteiger partial charge on any atom is 0.142 e. The first-order chi connectivity index (χ1) is 11.7. The molecule has 24 heavy (non-hydrogen) atoms. The van der Waals surface area contributed by atoms with Gasteiger partial charge in [0.2, 0.25) is 0 Å². The van der Waals surface area contributed by atoms with Gasteiger partial charge in [0, 0.05) is 19.6 Å². The molecule has 0 aromatic heterocycles. The van der Waals surface area contributed by atoms with Gasteiger partial charge in [-0.05, 0) is 30.9 Å². The van der Waals surface area contributed by atoms with Gasteiger partial charge in [-0.2, -0.15) is 0 Å². The van der Waals surface area contributed by atoms with Crippen molar-refractivity contribution in [2.24, 2.45) is 5.92 Å². The van der Waals surface area contributed by atoms with Gasteiger partial charge in [0.15, 0.2) is 0 Å². The first-order valence-corrected chi connectivity index (χ1v) is 9.11. The number of aliphatic hydroxyl groups excluding tert-OH is 1. The van der Waals surface area contributed by atoms with E-state index < -0.39 is 11.7 Å². The van der Waals surface area contributed by atoms with Crippen LogP contribution in [0.25, 0.3) is 0 Å². The topological polar surface area (TPSA) is 71.0 Å². The van der Waals surface area contributed by atoms with Gasteiger partial charge in [-0.15, -0.1) is 0 Å². The molecule has 5 heteroatoms. The van der Waals surface area contributed by atoms with Gasteiger partial charge in [-0.25, -0.2) is 0 Å². The van der Waals surface area contributed by atoms with Crippen LogP contribution in [0.5, 0.6) is 5.75 Å². The van der Waals surface area contributed by atoms with Crippen molar-refractivity contribution in [1.82, 2.24) is 0 Å². The molecule has 1 saturated carbocycles. The Labute approximate surface area is 144 Å². The third-order valence-electron chi connectivity index (χ3n) is 5.22. The fourth-order valence-electron chi connectivity index (χ4n) is 3.53. The van der Waals surface area contributed by atoms with Crippen molar-refractivity contribution in [1.29, 1.82) is 0 Å². The van der Waals surface area contributed by atoms with Gasteiger partial charge in [0.1, 0.15) is 17.5 Å². The summed E-state index contributed by atoms with van der Waals surface area (Å²) in [5.41, 5.74) is -0.292. The lowest BCUT2D eigenvalue weighted by atomic mass is 9.90. The van der Waals surface area contributed by atoms with E-state index in [9.17, 15) is 10.2 Å². The van der Waals surface area contributed by atoms with Crippen LogP contribution in [0, 0.1) is 5.92 Å². The second-order valence-electron chi connectivity index (χ2n) is 7.11. The average Bonchev–Trinajstić information content (AvgIpc) is 3.07. The van der Waals surface area contributed by atoms with Gasteiger partial charge in [-0.1, -0.05) is 31.4 Å². The Kier molecular flexibility index (Phi) is 5.98. The Hall–Kier alpha value is -1.30. The molecule has 2 unspecified atom stereocenters. The Morgan fingerprint density at radius 1 is 1.25 bits per heavy atom. The Balaban J connectivity index is 1.53. The third kappa shape index (κ3) is 4.41. The van der Waals surface area contributed by atoms with E-state index in [2.05, 4.69) is 5.32 Å². The highest BCUT2D eigenvalue weighted by Gasteiger charge is 2.39. The highest BCUT2D eigenvalue weighted by Crippen LogP contribution is 2.29. The Morgan fingerprint density at radius 2 is 2.04 bits per heavy atom. The third-order valence-corrected chi connectivity index (χ3v) is 5.22. The quantitative estimate of drug-likeness (QED) is 0.714. The molecule has 134 valence electrons. The highest BCUT2D eigenvalue weighted by atomic mass is 16.5. The summed E-state index contributed by atoms with van der Waals surface area (Å²) >= 11 is 0. The van der Waals surface area contributed by atoms with E-state index in [-0.39, 0.29) is 13.2 Å². The number of benzene rings is 1. The fraction of sp³-hybridized carbons (Fsp3) is 0.684. The zero-order valence-electron chi connectivity index (χ0n) is 14.2. The SMILES string of the molecule is OC(CNc1ccccc1OCC1CCCCC1)C1(O)CCOC1. The molecule has 5 nitrogen and oxygen atoms in total. The molecule has 1 aliphatic carbocycles. The molecule has 0 amide bonds. The highest BCUT2D eigenvalue weighted by molar-refractivity contribution is 5.56. The monoisotopic (exact) mass is 335 g/mol. The van der Waals surface area contributed by atoms with Crippen molar-refractivity contribution < 1.29 is 19.7 Å². The number of nitrogens with one attached hydrogen (secondary N) is 1. The van der Waals surface area contributed by atoms with Crippen LogP contribution in [-0.2, 0) is 4.74 Å². The maximum atomic E-state index is 10.3. The van der Waals surface area contributed by atoms with Gasteiger partial charge in [0.25, 0.3) is 0 Å². The molecule has 1 aliphatic heterocycles. The predicted molar refractivity (Wildman–Crippen MR) is 93.4 cm³/mol. The number of hydrogen-bond donors (Lipinski definition) is 3. The molecule has 2 aliphatic rings. The second-order valence-corrected chi connectivity index (χ2v) is 7.11. The van der Waals surface area contributed by atoms with Crippen LogP contribution in [0.15, 0.2) is 24.3 Å². The lowest BCUT2D eigenvalue weighted by molar-refractivity contribution is -0.0699. The molecular formula is C19H29NO4. The number of hydrogen-bond acceptors (Lipinski definition) is 5. The summed E-state index contributed by atoms with van der Waals surface area (Å²) in [6.45, 7) is 1.70. The largest absolute Gasteiger partial charge is 0.491 e. The van der Waals surface area contributed by atoms with E-state index in [0.29, 0.717) is 18.9 Å². The van der Waals surface area contributed by atoms with E-state index >= 15 is 0 Å². The van der Waals surface area contributed by atoms with Crippen molar-refractivity contribution in [3.8, 4) is 5.75 Å². The number of para-hydroxylation sites is 2. The smallest absolute Gasteiger partial charge is 0.142 e. The van der Waals surface area contributed by atoms with Crippen LogP contribution in [0.2, 0.25) is 0 Å². The summed E-state index contributed by atoms with van der Waals surface area (Å²) in [4.78, 5) is 0. The summed E-state index contributed by atoms with van der Waals surface area (Å²) in [6.07, 6.45) is 6.06. The Bertz CT molecular complexity index is 510. The van der Waals surface area contributed by atoms with Crippen LogP contribution < -0.4 is 10.1 Å². The van der Waals surface area contributed by atoms with Crippen molar-refractivity contribution in [3.63, 3.8) is 0 Å². The summed E-state index contributed by atoms with van der Waals surface area (Å²) in [5, 5.41) is 23.8. The fourth-order valence-corrected chi connectivity index (χ4v) is 3.53. The molecule has 1 saturated heterocycles. The number of ether oxygens (including phenoxy) is 2. The minimum atomic E-state index is -1.15. The van der Waals surface area contributed by atoms with Crippen LogP contribution in [0.4, 0.5) is 5.69 Å². The van der Waals surface area contributed by atoms with Crippen LogP contribution in [0.1, 0.15) is 38.5 Å². The van der Waals surface area contributed by atoms with Crippen LogP contribution >= 0.6 is 0 Å². The molecule has 2 atom stereocenters. The lowest BCUT2D eigenvalue weighted by Crippen LogP contribution is -2.46. The first kappa shape index (κ1) is 17.5. The van der Waals surface area contributed by atoms with E-state index in [1.807, 2.05) is 24.3 Å². The van der Waals surface area contributed by atoms with Crippen molar-refractivity contribution in [2.45, 2.75) is 50.2 Å². The normalized spacial score (nSPS) is 26.2. The van der Waals surface area contributed by atoms with Crippen molar-refractivity contribution in [2.75, 3.05) is 31.7 Å². The zero-order chi connectivity index (χ0) is 16.8. The van der Waals surface area contributed by atoms with Crippen molar-refractivity contribution >= 4 is 5.69 Å². The summed E-state index contributed by atoms with van der Waals surface area (Å²) in [5.74, 6) is 1.46. The van der Waals surface area contributed by atoms with E-state index in [0.717, 1.165) is 18.0 Å². The first-order valence-electron chi connectivity index (χ1n) is 9.11. The zero-order valence-corrected chi connectivity index (χ0v) is 14.2. The molecule has 3 rings (SSSR count). The van der Waals surface area contributed by atoms with E-state index in [1.165, 1.54) is 32.1 Å². The molecular weight excluding hydrogens is 306 g/mol. The van der Waals surface area contributed by atoms with E-state index in [4.69, 9.17) is 9.47 Å². The minimum Gasteiger partial charge on any atom is -0.491 e. The number of rotatable bonds is 7. The molecule has 0 radical (unpaired) electrons. The maximum absolute atomic E-state index is 10.3. The molecule has 1 heterocycles. The van der Waals surface area contributed by atoms with Crippen LogP contribution in [-0.4, -0.2) is 48.3 Å². The summed E-state index contributed by atoms with van der Waals surface area (Å²) < 4.78 is 11.2. The van der Waals surface area contributed by atoms with Crippen molar-refractivity contribution in [3.05, 3.63) is 24.3 Å². The average molecular weight is 335 g/mol. The van der Waals surface area contributed by atoms with Gasteiger partial charge in [-0.3, -0.25) is 0 Å². The molecule has 0 bridgehead atoms. The predicted octanol–water partition coefficient (Wildman–Crippen LogP) is 2.57. The minimum absolute atomic E-state index is 0.190. The Morgan fingerprint density at radius 3 is 2.79 bits per heavy atom. The molecule has 3 N–H and O–H groups in total. The number of anilines is 1. The van der Waals surface area contributed by atoms with E-state index in [1.54, 1.807) is 0 Å². The lowest BCUT2D eigenvalue weighted by Gasteiger charge is -2.28. The molecule has 0 spiro atoms. The van der Waals surface area contributed by atoms with Crippen LogP contribution in [0.3, 0.4) is 0 Å². The van der Waals surface area contributed by atoms with Gasteiger partial charge >= 0.3 is 0 Å². The molecule has 1 aromatic rings.